The SMILES string of the molecule is O=C(/C=C/c1cc(Cl)c2c(c1)OCCO2)NCCc1ccc(-n2cccn2)cc1. The molecule has 0 unspecified atom stereocenters. The van der Waals surface area contributed by atoms with E-state index in [9.17, 15) is 4.79 Å². The van der Waals surface area contributed by atoms with E-state index in [1.165, 1.54) is 6.08 Å². The molecular formula is C22H20ClN3O3. The number of carbonyl (C=O) groups excluding carboxylic acids is 1. The van der Waals surface area contributed by atoms with Gasteiger partial charge in [0.2, 0.25) is 5.91 Å². The topological polar surface area (TPSA) is 65.4 Å². The highest BCUT2D eigenvalue weighted by atomic mass is 35.5. The number of amides is 1. The lowest BCUT2D eigenvalue weighted by Gasteiger charge is -2.19. The summed E-state index contributed by atoms with van der Waals surface area (Å²) in [4.78, 5) is 12.1. The molecule has 0 spiro atoms. The first kappa shape index (κ1) is 19.1. The van der Waals surface area contributed by atoms with Crippen molar-refractivity contribution in [2.45, 2.75) is 6.42 Å². The molecule has 2 aromatic carbocycles. The van der Waals surface area contributed by atoms with Crippen LogP contribution in [0, 0.1) is 0 Å². The second kappa shape index (κ2) is 8.84. The van der Waals surface area contributed by atoms with Crippen LogP contribution in [0.3, 0.4) is 0 Å². The standard InChI is InChI=1S/C22H20ClN3O3/c23-19-14-17(15-20-22(19)29-13-12-28-20)4-7-21(27)24-10-8-16-2-5-18(6-3-16)26-11-1-9-25-26/h1-7,9,11,14-15H,8,10,12-13H2,(H,24,27)/b7-4+. The highest BCUT2D eigenvalue weighted by molar-refractivity contribution is 6.32. The summed E-state index contributed by atoms with van der Waals surface area (Å²) in [5.74, 6) is 0.990. The van der Waals surface area contributed by atoms with Crippen molar-refractivity contribution < 1.29 is 14.3 Å². The van der Waals surface area contributed by atoms with E-state index in [0.29, 0.717) is 36.3 Å². The number of ether oxygens (including phenoxy) is 2. The van der Waals surface area contributed by atoms with Gasteiger partial charge in [0.1, 0.15) is 13.2 Å². The highest BCUT2D eigenvalue weighted by Gasteiger charge is 2.15. The molecule has 1 N–H and O–H groups in total. The largest absolute Gasteiger partial charge is 0.486 e. The number of carbonyl (C=O) groups is 1. The minimum Gasteiger partial charge on any atom is -0.486 e. The average Bonchev–Trinajstić information content (AvgIpc) is 3.28. The summed E-state index contributed by atoms with van der Waals surface area (Å²) in [7, 11) is 0. The molecule has 1 aromatic heterocycles. The Hall–Kier alpha value is -3.25. The van der Waals surface area contributed by atoms with E-state index in [-0.39, 0.29) is 5.91 Å². The van der Waals surface area contributed by atoms with Gasteiger partial charge in [0, 0.05) is 25.0 Å². The molecule has 0 saturated carbocycles. The average molecular weight is 410 g/mol. The number of halogens is 1. The molecule has 148 valence electrons. The number of hydrogen-bond acceptors (Lipinski definition) is 4. The second-order valence-corrected chi connectivity index (χ2v) is 6.93. The van der Waals surface area contributed by atoms with E-state index in [2.05, 4.69) is 10.4 Å². The van der Waals surface area contributed by atoms with E-state index in [0.717, 1.165) is 23.2 Å². The maximum atomic E-state index is 12.1. The summed E-state index contributed by atoms with van der Waals surface area (Å²) in [5.41, 5.74) is 2.93. The number of aromatic nitrogens is 2. The number of nitrogens with zero attached hydrogens (tertiary/aromatic N) is 2. The minimum absolute atomic E-state index is 0.163. The van der Waals surface area contributed by atoms with Gasteiger partial charge in [0.25, 0.3) is 0 Å². The van der Waals surface area contributed by atoms with Gasteiger partial charge in [-0.2, -0.15) is 5.10 Å². The van der Waals surface area contributed by atoms with Crippen molar-refractivity contribution in [2.75, 3.05) is 19.8 Å². The summed E-state index contributed by atoms with van der Waals surface area (Å²) < 4.78 is 12.8. The van der Waals surface area contributed by atoms with E-state index in [4.69, 9.17) is 21.1 Å². The molecule has 0 atom stereocenters. The smallest absolute Gasteiger partial charge is 0.244 e. The van der Waals surface area contributed by atoms with Gasteiger partial charge >= 0.3 is 0 Å². The van der Waals surface area contributed by atoms with Gasteiger partial charge in [0.15, 0.2) is 11.5 Å². The lowest BCUT2D eigenvalue weighted by molar-refractivity contribution is -0.116. The van der Waals surface area contributed by atoms with Gasteiger partial charge in [-0.1, -0.05) is 23.7 Å². The van der Waals surface area contributed by atoms with Crippen molar-refractivity contribution in [3.63, 3.8) is 0 Å². The fourth-order valence-corrected chi connectivity index (χ4v) is 3.30. The third-order valence-electron chi connectivity index (χ3n) is 4.46. The molecule has 2 heterocycles. The fraction of sp³-hybridized carbons (Fsp3) is 0.182. The zero-order chi connectivity index (χ0) is 20.1. The molecule has 1 aliphatic rings. The second-order valence-electron chi connectivity index (χ2n) is 6.52. The number of benzene rings is 2. The van der Waals surface area contributed by atoms with Crippen molar-refractivity contribution in [3.8, 4) is 17.2 Å². The summed E-state index contributed by atoms with van der Waals surface area (Å²) in [6, 6.07) is 13.5. The van der Waals surface area contributed by atoms with E-state index in [1.807, 2.05) is 42.6 Å². The Morgan fingerprint density at radius 2 is 2.03 bits per heavy atom. The van der Waals surface area contributed by atoms with Gasteiger partial charge in [-0.25, -0.2) is 4.68 Å². The number of fused-ring (bicyclic) bond motifs is 1. The number of nitrogens with one attached hydrogen (secondary N) is 1. The Labute approximate surface area is 173 Å². The van der Waals surface area contributed by atoms with Crippen LogP contribution in [0.5, 0.6) is 11.5 Å². The third kappa shape index (κ3) is 4.78. The molecule has 0 fully saturated rings. The molecule has 3 aromatic rings. The molecule has 0 aliphatic carbocycles. The normalized spacial score (nSPS) is 12.9. The van der Waals surface area contributed by atoms with Crippen molar-refractivity contribution >= 4 is 23.6 Å². The lowest BCUT2D eigenvalue weighted by Crippen LogP contribution is -2.23. The monoisotopic (exact) mass is 409 g/mol. The van der Waals surface area contributed by atoms with Gasteiger partial charge in [-0.3, -0.25) is 4.79 Å². The van der Waals surface area contributed by atoms with Gasteiger partial charge in [-0.15, -0.1) is 0 Å². The van der Waals surface area contributed by atoms with Crippen LogP contribution in [0.1, 0.15) is 11.1 Å². The van der Waals surface area contributed by atoms with E-state index < -0.39 is 0 Å². The van der Waals surface area contributed by atoms with Crippen LogP contribution < -0.4 is 14.8 Å². The predicted octanol–water partition coefficient (Wildman–Crippen LogP) is 3.67. The maximum absolute atomic E-state index is 12.1. The van der Waals surface area contributed by atoms with E-state index in [1.54, 1.807) is 23.0 Å². The van der Waals surface area contributed by atoms with Crippen LogP contribution in [0.4, 0.5) is 0 Å². The van der Waals surface area contributed by atoms with Crippen LogP contribution in [0.15, 0.2) is 60.9 Å². The Bertz CT molecular complexity index is 1010. The zero-order valence-corrected chi connectivity index (χ0v) is 16.4. The zero-order valence-electron chi connectivity index (χ0n) is 15.7. The first-order chi connectivity index (χ1) is 14.2. The fourth-order valence-electron chi connectivity index (χ4n) is 3.02. The third-order valence-corrected chi connectivity index (χ3v) is 4.75. The summed E-state index contributed by atoms with van der Waals surface area (Å²) in [6.07, 6.45) is 7.59. The first-order valence-electron chi connectivity index (χ1n) is 9.33. The van der Waals surface area contributed by atoms with Crippen molar-refractivity contribution in [2.24, 2.45) is 0 Å². The van der Waals surface area contributed by atoms with Gasteiger partial charge in [0.05, 0.1) is 10.7 Å². The molecule has 7 heteroatoms. The molecule has 0 saturated heterocycles. The molecule has 1 amide bonds. The number of hydrogen-bond donors (Lipinski definition) is 1. The molecule has 4 rings (SSSR count). The maximum Gasteiger partial charge on any atom is 0.244 e. The molecule has 1 aliphatic heterocycles. The minimum atomic E-state index is -0.163. The molecule has 0 bridgehead atoms. The molecule has 6 nitrogen and oxygen atoms in total. The molecule has 29 heavy (non-hydrogen) atoms. The summed E-state index contributed by atoms with van der Waals surface area (Å²) in [5, 5.41) is 7.57. The number of rotatable bonds is 6. The summed E-state index contributed by atoms with van der Waals surface area (Å²) in [6.45, 7) is 1.52. The summed E-state index contributed by atoms with van der Waals surface area (Å²) >= 11 is 6.21. The van der Waals surface area contributed by atoms with Gasteiger partial charge in [-0.05, 0) is 54.0 Å². The lowest BCUT2D eigenvalue weighted by atomic mass is 10.1. The van der Waals surface area contributed by atoms with Crippen LogP contribution in [0.25, 0.3) is 11.8 Å². The Morgan fingerprint density at radius 1 is 1.21 bits per heavy atom. The molecule has 0 radical (unpaired) electrons. The Morgan fingerprint density at radius 3 is 2.83 bits per heavy atom. The quantitative estimate of drug-likeness (QED) is 0.631. The predicted molar refractivity (Wildman–Crippen MR) is 112 cm³/mol. The molecular weight excluding hydrogens is 390 g/mol. The van der Waals surface area contributed by atoms with Crippen LogP contribution in [-0.4, -0.2) is 35.4 Å². The van der Waals surface area contributed by atoms with Crippen molar-refractivity contribution in [1.82, 2.24) is 15.1 Å². The Balaban J connectivity index is 1.28. The van der Waals surface area contributed by atoms with Crippen molar-refractivity contribution in [3.05, 3.63) is 77.1 Å². The highest BCUT2D eigenvalue weighted by Crippen LogP contribution is 2.38. The van der Waals surface area contributed by atoms with Crippen LogP contribution >= 0.6 is 11.6 Å². The van der Waals surface area contributed by atoms with Crippen molar-refractivity contribution in [1.29, 1.82) is 0 Å². The van der Waals surface area contributed by atoms with Gasteiger partial charge < -0.3 is 14.8 Å². The van der Waals surface area contributed by atoms with Crippen LogP contribution in [0.2, 0.25) is 5.02 Å². The Kier molecular flexibility index (Phi) is 5.81. The van der Waals surface area contributed by atoms with E-state index >= 15 is 0 Å². The first-order valence-corrected chi connectivity index (χ1v) is 9.71. The van der Waals surface area contributed by atoms with Crippen LogP contribution in [-0.2, 0) is 11.2 Å².